The summed E-state index contributed by atoms with van der Waals surface area (Å²) in [5.74, 6) is 0.825. The van der Waals surface area contributed by atoms with Gasteiger partial charge in [0, 0.05) is 25.5 Å². The predicted octanol–water partition coefficient (Wildman–Crippen LogP) is -0.389. The molecule has 0 bridgehead atoms. The van der Waals surface area contributed by atoms with Crippen molar-refractivity contribution < 1.29 is 8.42 Å². The molecular formula is C9H13N3O2S. The van der Waals surface area contributed by atoms with Crippen molar-refractivity contribution in [2.24, 2.45) is 5.92 Å². The summed E-state index contributed by atoms with van der Waals surface area (Å²) in [5, 5.41) is 3.05. The van der Waals surface area contributed by atoms with Crippen molar-refractivity contribution in [2.75, 3.05) is 18.8 Å². The summed E-state index contributed by atoms with van der Waals surface area (Å²) in [6.45, 7) is 1.60. The zero-order valence-electron chi connectivity index (χ0n) is 8.26. The van der Waals surface area contributed by atoms with E-state index in [0.717, 1.165) is 13.1 Å². The summed E-state index contributed by atoms with van der Waals surface area (Å²) in [7, 11) is -3.06. The fourth-order valence-corrected chi connectivity index (χ4v) is 3.10. The standard InChI is InChI=1S/C9H13N3O2S/c13-15(14,6-8-4-10-5-8)7-9-11-2-1-3-12-9/h1-3,8,10H,4-7H2. The molecule has 0 spiro atoms. The molecule has 1 aromatic heterocycles. The third kappa shape index (κ3) is 2.97. The maximum absolute atomic E-state index is 11.7. The number of hydrogen-bond donors (Lipinski definition) is 1. The van der Waals surface area contributed by atoms with E-state index in [1.807, 2.05) is 0 Å². The van der Waals surface area contributed by atoms with E-state index in [-0.39, 0.29) is 17.4 Å². The van der Waals surface area contributed by atoms with Crippen molar-refractivity contribution in [2.45, 2.75) is 5.75 Å². The Morgan fingerprint density at radius 3 is 2.53 bits per heavy atom. The second-order valence-corrected chi connectivity index (χ2v) is 5.85. The quantitative estimate of drug-likeness (QED) is 0.758. The van der Waals surface area contributed by atoms with Crippen LogP contribution < -0.4 is 5.32 Å². The van der Waals surface area contributed by atoms with Gasteiger partial charge in [-0.2, -0.15) is 0 Å². The molecule has 0 aromatic carbocycles. The fourth-order valence-electron chi connectivity index (χ4n) is 1.49. The van der Waals surface area contributed by atoms with E-state index in [9.17, 15) is 8.42 Å². The summed E-state index contributed by atoms with van der Waals surface area (Å²) < 4.78 is 23.4. The average Bonchev–Trinajstić information content (AvgIpc) is 2.13. The highest BCUT2D eigenvalue weighted by Gasteiger charge is 2.24. The first-order valence-corrected chi connectivity index (χ1v) is 6.65. The van der Waals surface area contributed by atoms with Crippen LogP contribution in [0.25, 0.3) is 0 Å². The van der Waals surface area contributed by atoms with Gasteiger partial charge in [0.2, 0.25) is 0 Å². The summed E-state index contributed by atoms with van der Waals surface area (Å²) >= 11 is 0. The van der Waals surface area contributed by atoms with Gasteiger partial charge in [-0.15, -0.1) is 0 Å². The van der Waals surface area contributed by atoms with Gasteiger partial charge in [0.05, 0.1) is 5.75 Å². The molecule has 1 fully saturated rings. The highest BCUT2D eigenvalue weighted by molar-refractivity contribution is 7.90. The summed E-state index contributed by atoms with van der Waals surface area (Å²) in [5.41, 5.74) is 0. The van der Waals surface area contributed by atoms with Crippen LogP contribution in [0.15, 0.2) is 18.5 Å². The van der Waals surface area contributed by atoms with Crippen LogP contribution in [0.1, 0.15) is 5.82 Å². The molecule has 0 unspecified atom stereocenters. The third-order valence-electron chi connectivity index (χ3n) is 2.32. The molecule has 82 valence electrons. The highest BCUT2D eigenvalue weighted by atomic mass is 32.2. The van der Waals surface area contributed by atoms with Gasteiger partial charge < -0.3 is 5.32 Å². The number of aromatic nitrogens is 2. The molecule has 15 heavy (non-hydrogen) atoms. The topological polar surface area (TPSA) is 72.0 Å². The second kappa shape index (κ2) is 4.24. The lowest BCUT2D eigenvalue weighted by Crippen LogP contribution is -2.45. The minimum atomic E-state index is -3.06. The van der Waals surface area contributed by atoms with Crippen LogP contribution in [0.3, 0.4) is 0 Å². The zero-order chi connectivity index (χ0) is 10.7. The van der Waals surface area contributed by atoms with E-state index in [0.29, 0.717) is 5.82 Å². The SMILES string of the molecule is O=S(=O)(Cc1ncccn1)CC1CNC1. The van der Waals surface area contributed by atoms with E-state index < -0.39 is 9.84 Å². The lowest BCUT2D eigenvalue weighted by Gasteiger charge is -2.26. The van der Waals surface area contributed by atoms with Gasteiger partial charge in [0.1, 0.15) is 11.6 Å². The van der Waals surface area contributed by atoms with Gasteiger partial charge in [0.25, 0.3) is 0 Å². The molecule has 2 heterocycles. The van der Waals surface area contributed by atoms with E-state index in [2.05, 4.69) is 15.3 Å². The molecule has 2 rings (SSSR count). The third-order valence-corrected chi connectivity index (χ3v) is 4.00. The van der Waals surface area contributed by atoms with Gasteiger partial charge in [-0.3, -0.25) is 0 Å². The molecule has 0 atom stereocenters. The monoisotopic (exact) mass is 227 g/mol. The Kier molecular flexibility index (Phi) is 2.97. The molecule has 0 radical (unpaired) electrons. The van der Waals surface area contributed by atoms with Crippen molar-refractivity contribution >= 4 is 9.84 Å². The highest BCUT2D eigenvalue weighted by Crippen LogP contribution is 2.10. The van der Waals surface area contributed by atoms with Crippen molar-refractivity contribution in [3.05, 3.63) is 24.3 Å². The smallest absolute Gasteiger partial charge is 0.157 e. The molecule has 1 saturated heterocycles. The predicted molar refractivity (Wildman–Crippen MR) is 55.9 cm³/mol. The first-order valence-electron chi connectivity index (χ1n) is 4.83. The van der Waals surface area contributed by atoms with Gasteiger partial charge in [-0.25, -0.2) is 18.4 Å². The molecule has 1 N–H and O–H groups in total. The van der Waals surface area contributed by atoms with Crippen molar-refractivity contribution in [3.63, 3.8) is 0 Å². The molecular weight excluding hydrogens is 214 g/mol. The summed E-state index contributed by atoms with van der Waals surface area (Å²) in [6, 6.07) is 1.67. The first-order chi connectivity index (χ1) is 7.16. The van der Waals surface area contributed by atoms with Crippen LogP contribution in [-0.2, 0) is 15.6 Å². The number of sulfone groups is 1. The van der Waals surface area contributed by atoms with Crippen molar-refractivity contribution in [1.29, 1.82) is 0 Å². The molecule has 1 aliphatic heterocycles. The Balaban J connectivity index is 1.98. The Morgan fingerprint density at radius 1 is 1.33 bits per heavy atom. The largest absolute Gasteiger partial charge is 0.316 e. The van der Waals surface area contributed by atoms with Gasteiger partial charge in [0.15, 0.2) is 9.84 Å². The molecule has 0 aliphatic carbocycles. The Morgan fingerprint density at radius 2 is 2.00 bits per heavy atom. The number of rotatable bonds is 4. The van der Waals surface area contributed by atoms with Crippen LogP contribution in [0.2, 0.25) is 0 Å². The molecule has 0 saturated carbocycles. The van der Waals surface area contributed by atoms with Crippen molar-refractivity contribution in [1.82, 2.24) is 15.3 Å². The molecule has 0 amide bonds. The fraction of sp³-hybridized carbons (Fsp3) is 0.556. The molecule has 1 aliphatic rings. The van der Waals surface area contributed by atoms with E-state index >= 15 is 0 Å². The Labute approximate surface area is 88.9 Å². The Bertz CT molecular complexity index is 414. The lowest BCUT2D eigenvalue weighted by molar-refractivity contribution is 0.378. The average molecular weight is 227 g/mol. The van der Waals surface area contributed by atoms with Crippen molar-refractivity contribution in [3.8, 4) is 0 Å². The van der Waals surface area contributed by atoms with Gasteiger partial charge in [-0.05, 0) is 12.0 Å². The lowest BCUT2D eigenvalue weighted by atomic mass is 10.1. The van der Waals surface area contributed by atoms with Crippen LogP contribution >= 0.6 is 0 Å². The van der Waals surface area contributed by atoms with Crippen LogP contribution in [0.5, 0.6) is 0 Å². The summed E-state index contributed by atoms with van der Waals surface area (Å²) in [4.78, 5) is 7.82. The summed E-state index contributed by atoms with van der Waals surface area (Å²) in [6.07, 6.45) is 3.12. The van der Waals surface area contributed by atoms with E-state index in [1.165, 1.54) is 0 Å². The van der Waals surface area contributed by atoms with Gasteiger partial charge >= 0.3 is 0 Å². The maximum atomic E-state index is 11.7. The minimum Gasteiger partial charge on any atom is -0.316 e. The molecule has 1 aromatic rings. The zero-order valence-corrected chi connectivity index (χ0v) is 9.07. The van der Waals surface area contributed by atoms with Gasteiger partial charge in [-0.1, -0.05) is 0 Å². The normalized spacial score (nSPS) is 17.3. The molecule has 6 heteroatoms. The Hall–Kier alpha value is -1.01. The maximum Gasteiger partial charge on any atom is 0.157 e. The van der Waals surface area contributed by atoms with Crippen LogP contribution in [-0.4, -0.2) is 37.2 Å². The number of nitrogens with one attached hydrogen (secondary N) is 1. The van der Waals surface area contributed by atoms with Crippen LogP contribution in [0.4, 0.5) is 0 Å². The first kappa shape index (κ1) is 10.5. The van der Waals surface area contributed by atoms with E-state index in [1.54, 1.807) is 18.5 Å². The molecule has 5 nitrogen and oxygen atoms in total. The number of hydrogen-bond acceptors (Lipinski definition) is 5. The second-order valence-electron chi connectivity index (χ2n) is 3.74. The van der Waals surface area contributed by atoms with Crippen LogP contribution in [0, 0.1) is 5.92 Å². The number of nitrogens with zero attached hydrogens (tertiary/aromatic N) is 2. The van der Waals surface area contributed by atoms with E-state index in [4.69, 9.17) is 0 Å². The minimum absolute atomic E-state index is 0.0513.